The Bertz CT molecular complexity index is 814. The van der Waals surface area contributed by atoms with Gasteiger partial charge >= 0.3 is 0 Å². The van der Waals surface area contributed by atoms with Gasteiger partial charge in [-0.3, -0.25) is 0 Å². The smallest absolute Gasteiger partial charge is 0.248 e. The van der Waals surface area contributed by atoms with Crippen LogP contribution in [-0.2, 0) is 0 Å². The molecule has 0 aliphatic heterocycles. The molecule has 0 saturated heterocycles. The van der Waals surface area contributed by atoms with Crippen LogP contribution in [0.5, 0.6) is 17.2 Å². The van der Waals surface area contributed by atoms with Crippen LogP contribution >= 0.6 is 0 Å². The Balaban J connectivity index is 1.95. The van der Waals surface area contributed by atoms with E-state index in [0.717, 1.165) is 16.9 Å². The topological polar surface area (TPSA) is 66.6 Å². The van der Waals surface area contributed by atoms with Crippen molar-refractivity contribution in [3.05, 3.63) is 42.5 Å². The van der Waals surface area contributed by atoms with E-state index in [0.29, 0.717) is 23.3 Å². The fourth-order valence-corrected chi connectivity index (χ4v) is 2.18. The zero-order valence-electron chi connectivity index (χ0n) is 13.1. The lowest BCUT2D eigenvalue weighted by Gasteiger charge is -2.07. The number of benzene rings is 2. The van der Waals surface area contributed by atoms with Gasteiger partial charge in [0.1, 0.15) is 5.75 Å². The Kier molecular flexibility index (Phi) is 4.14. The molecule has 3 aromatic rings. The van der Waals surface area contributed by atoms with Gasteiger partial charge in [-0.25, -0.2) is 0 Å². The minimum absolute atomic E-state index is 0.406. The van der Waals surface area contributed by atoms with E-state index in [2.05, 4.69) is 10.2 Å². The minimum atomic E-state index is 0.406. The lowest BCUT2D eigenvalue weighted by molar-refractivity contribution is 0.355. The molecule has 0 spiro atoms. The molecule has 0 aliphatic rings. The molecule has 1 heterocycles. The van der Waals surface area contributed by atoms with Crippen LogP contribution in [0.4, 0.5) is 0 Å². The van der Waals surface area contributed by atoms with Gasteiger partial charge in [0.15, 0.2) is 11.5 Å². The molecule has 0 unspecified atom stereocenters. The van der Waals surface area contributed by atoms with Crippen molar-refractivity contribution in [2.24, 2.45) is 0 Å². The van der Waals surface area contributed by atoms with Gasteiger partial charge in [-0.2, -0.15) is 0 Å². The predicted molar refractivity (Wildman–Crippen MR) is 84.8 cm³/mol. The molecule has 0 radical (unpaired) electrons. The summed E-state index contributed by atoms with van der Waals surface area (Å²) < 4.78 is 21.5. The number of nitrogens with zero attached hydrogens (tertiary/aromatic N) is 2. The molecule has 0 saturated carbocycles. The zero-order valence-corrected chi connectivity index (χ0v) is 13.1. The van der Waals surface area contributed by atoms with Crippen LogP contribution in [-0.4, -0.2) is 31.5 Å². The third-order valence-corrected chi connectivity index (χ3v) is 3.37. The minimum Gasteiger partial charge on any atom is -0.497 e. The van der Waals surface area contributed by atoms with Crippen LogP contribution in [0.2, 0.25) is 0 Å². The molecule has 2 aromatic carbocycles. The van der Waals surface area contributed by atoms with Crippen LogP contribution in [0.25, 0.3) is 22.9 Å². The highest BCUT2D eigenvalue weighted by molar-refractivity contribution is 5.62. The maximum absolute atomic E-state index is 5.75. The highest BCUT2D eigenvalue weighted by atomic mass is 16.5. The molecule has 0 bridgehead atoms. The van der Waals surface area contributed by atoms with Crippen molar-refractivity contribution in [3.8, 4) is 40.2 Å². The van der Waals surface area contributed by atoms with E-state index >= 15 is 0 Å². The van der Waals surface area contributed by atoms with Crippen molar-refractivity contribution in [3.63, 3.8) is 0 Å². The summed E-state index contributed by atoms with van der Waals surface area (Å²) in [6.07, 6.45) is 0. The zero-order chi connectivity index (χ0) is 16.2. The summed E-state index contributed by atoms with van der Waals surface area (Å²) in [4.78, 5) is 0. The fourth-order valence-electron chi connectivity index (χ4n) is 2.18. The van der Waals surface area contributed by atoms with E-state index in [9.17, 15) is 0 Å². The number of methoxy groups -OCH3 is 3. The van der Waals surface area contributed by atoms with Crippen LogP contribution in [0.1, 0.15) is 0 Å². The van der Waals surface area contributed by atoms with Crippen LogP contribution < -0.4 is 14.2 Å². The molecule has 0 atom stereocenters. The summed E-state index contributed by atoms with van der Waals surface area (Å²) in [5, 5.41) is 8.19. The normalized spacial score (nSPS) is 10.4. The van der Waals surface area contributed by atoms with E-state index in [1.54, 1.807) is 33.5 Å². The molecule has 0 aliphatic carbocycles. The lowest BCUT2D eigenvalue weighted by Crippen LogP contribution is -1.90. The van der Waals surface area contributed by atoms with Crippen molar-refractivity contribution < 1.29 is 18.6 Å². The predicted octanol–water partition coefficient (Wildman–Crippen LogP) is 3.43. The highest BCUT2D eigenvalue weighted by Gasteiger charge is 2.13. The summed E-state index contributed by atoms with van der Waals surface area (Å²) in [5.74, 6) is 2.81. The van der Waals surface area contributed by atoms with Crippen LogP contribution in [0.3, 0.4) is 0 Å². The molecule has 0 N–H and O–H groups in total. The number of rotatable bonds is 5. The first kappa shape index (κ1) is 14.9. The maximum atomic E-state index is 5.75. The van der Waals surface area contributed by atoms with Crippen LogP contribution in [0.15, 0.2) is 46.9 Å². The average molecular weight is 312 g/mol. The molecule has 3 rings (SSSR count). The maximum Gasteiger partial charge on any atom is 0.248 e. The third-order valence-electron chi connectivity index (χ3n) is 3.37. The molecular formula is C17H16N2O4. The molecule has 1 aromatic heterocycles. The van der Waals surface area contributed by atoms with E-state index in [-0.39, 0.29) is 0 Å². The Labute approximate surface area is 133 Å². The van der Waals surface area contributed by atoms with Crippen molar-refractivity contribution >= 4 is 0 Å². The lowest BCUT2D eigenvalue weighted by atomic mass is 10.2. The third kappa shape index (κ3) is 2.96. The summed E-state index contributed by atoms with van der Waals surface area (Å²) in [7, 11) is 4.78. The van der Waals surface area contributed by atoms with Gasteiger partial charge in [-0.15, -0.1) is 10.2 Å². The second kappa shape index (κ2) is 6.39. The Hall–Kier alpha value is -3.02. The Morgan fingerprint density at radius 2 is 1.43 bits per heavy atom. The van der Waals surface area contributed by atoms with Gasteiger partial charge in [0.05, 0.1) is 21.3 Å². The van der Waals surface area contributed by atoms with E-state index in [4.69, 9.17) is 18.6 Å². The van der Waals surface area contributed by atoms with E-state index in [1.165, 1.54) is 0 Å². The second-order valence-corrected chi connectivity index (χ2v) is 4.71. The number of aromatic nitrogens is 2. The van der Waals surface area contributed by atoms with E-state index in [1.807, 2.05) is 30.3 Å². The molecule has 0 fully saturated rings. The number of ether oxygens (including phenoxy) is 3. The standard InChI is InChI=1S/C17H16N2O4/c1-20-13-6-4-5-11(9-13)16-18-19-17(23-16)12-7-8-14(21-2)15(10-12)22-3/h4-10H,1-3H3. The van der Waals surface area contributed by atoms with Crippen molar-refractivity contribution in [2.45, 2.75) is 0 Å². The molecule has 6 heteroatoms. The molecule has 6 nitrogen and oxygen atoms in total. The van der Waals surface area contributed by atoms with Gasteiger partial charge in [0, 0.05) is 11.1 Å². The van der Waals surface area contributed by atoms with Crippen molar-refractivity contribution in [2.75, 3.05) is 21.3 Å². The first-order valence-electron chi connectivity index (χ1n) is 6.95. The first-order chi connectivity index (χ1) is 11.2. The average Bonchev–Trinajstić information content (AvgIpc) is 3.11. The number of hydrogen-bond donors (Lipinski definition) is 0. The highest BCUT2D eigenvalue weighted by Crippen LogP contribution is 2.33. The van der Waals surface area contributed by atoms with E-state index < -0.39 is 0 Å². The molecule has 118 valence electrons. The second-order valence-electron chi connectivity index (χ2n) is 4.71. The van der Waals surface area contributed by atoms with Crippen molar-refractivity contribution in [1.82, 2.24) is 10.2 Å². The fraction of sp³-hybridized carbons (Fsp3) is 0.176. The molecule has 0 amide bonds. The van der Waals surface area contributed by atoms with Crippen molar-refractivity contribution in [1.29, 1.82) is 0 Å². The van der Waals surface area contributed by atoms with Gasteiger partial charge in [0.2, 0.25) is 11.8 Å². The number of hydrogen-bond acceptors (Lipinski definition) is 6. The summed E-state index contributed by atoms with van der Waals surface area (Å²) >= 11 is 0. The van der Waals surface area contributed by atoms with Crippen LogP contribution in [0, 0.1) is 0 Å². The molecule has 23 heavy (non-hydrogen) atoms. The van der Waals surface area contributed by atoms with Gasteiger partial charge in [-0.05, 0) is 36.4 Å². The van der Waals surface area contributed by atoms with Gasteiger partial charge < -0.3 is 18.6 Å². The summed E-state index contributed by atoms with van der Waals surface area (Å²) in [6, 6.07) is 12.9. The van der Waals surface area contributed by atoms with Gasteiger partial charge in [0.25, 0.3) is 0 Å². The monoisotopic (exact) mass is 312 g/mol. The van der Waals surface area contributed by atoms with Gasteiger partial charge in [-0.1, -0.05) is 6.07 Å². The summed E-state index contributed by atoms with van der Waals surface area (Å²) in [5.41, 5.74) is 1.55. The summed E-state index contributed by atoms with van der Waals surface area (Å²) in [6.45, 7) is 0. The largest absolute Gasteiger partial charge is 0.497 e. The first-order valence-corrected chi connectivity index (χ1v) is 6.95. The quantitative estimate of drug-likeness (QED) is 0.719. The molecular weight excluding hydrogens is 296 g/mol. The Morgan fingerprint density at radius 1 is 0.739 bits per heavy atom. The Morgan fingerprint density at radius 3 is 2.09 bits per heavy atom. The SMILES string of the molecule is COc1cccc(-c2nnc(-c3ccc(OC)c(OC)c3)o2)c1.